The van der Waals surface area contributed by atoms with E-state index in [-0.39, 0.29) is 5.91 Å². The van der Waals surface area contributed by atoms with Crippen molar-refractivity contribution >= 4 is 28.1 Å². The maximum Gasteiger partial charge on any atom is 0.255 e. The third-order valence-corrected chi connectivity index (χ3v) is 6.77. The zero-order valence-corrected chi connectivity index (χ0v) is 20.0. The van der Waals surface area contributed by atoms with Gasteiger partial charge in [-0.25, -0.2) is 14.6 Å². The van der Waals surface area contributed by atoms with Crippen molar-refractivity contribution in [1.29, 1.82) is 0 Å². The number of hydrogen-bond donors (Lipinski definition) is 2. The molecule has 5 rings (SSSR count). The fraction of sp³-hybridized carbons (Fsp3) is 0.231. The van der Waals surface area contributed by atoms with Crippen molar-refractivity contribution in [3.63, 3.8) is 0 Å². The summed E-state index contributed by atoms with van der Waals surface area (Å²) >= 11 is 1.64. The van der Waals surface area contributed by atoms with Crippen molar-refractivity contribution < 1.29 is 4.79 Å². The standard InChI is InChI=1S/C26H26N6OS/c1-3-4-10-22-20(25(33)28-15-18-14-27-21-9-6-5-8-19(18)21)16-30-32(22)26-29-13-17(2)24(31-26)23-11-7-12-34-23/h5-9,11-14,16,27H,3-4,10,15H2,1-2H3,(H,28,33). The first-order chi connectivity index (χ1) is 16.7. The summed E-state index contributed by atoms with van der Waals surface area (Å²) in [5.74, 6) is 0.337. The molecule has 0 saturated carbocycles. The number of unbranched alkanes of at least 4 members (excludes halogenated alkanes) is 1. The molecule has 0 fully saturated rings. The minimum Gasteiger partial charge on any atom is -0.361 e. The van der Waals surface area contributed by atoms with Gasteiger partial charge in [0.1, 0.15) is 0 Å². The van der Waals surface area contributed by atoms with E-state index in [0.29, 0.717) is 18.1 Å². The van der Waals surface area contributed by atoms with Crippen LogP contribution < -0.4 is 5.32 Å². The zero-order valence-electron chi connectivity index (χ0n) is 19.2. The van der Waals surface area contributed by atoms with Crippen LogP contribution in [0.15, 0.2) is 60.4 Å². The average molecular weight is 471 g/mol. The highest BCUT2D eigenvalue weighted by Crippen LogP contribution is 2.27. The normalized spacial score (nSPS) is 11.2. The molecule has 34 heavy (non-hydrogen) atoms. The van der Waals surface area contributed by atoms with Gasteiger partial charge < -0.3 is 10.3 Å². The van der Waals surface area contributed by atoms with Gasteiger partial charge in [-0.05, 0) is 48.4 Å². The molecule has 0 saturated heterocycles. The number of amides is 1. The largest absolute Gasteiger partial charge is 0.361 e. The Morgan fingerprint density at radius 1 is 1.18 bits per heavy atom. The average Bonchev–Trinajstić information content (AvgIpc) is 3.61. The second-order valence-corrected chi connectivity index (χ2v) is 9.19. The lowest BCUT2D eigenvalue weighted by Crippen LogP contribution is -2.24. The van der Waals surface area contributed by atoms with Crippen LogP contribution in [0.1, 0.15) is 46.9 Å². The van der Waals surface area contributed by atoms with E-state index in [2.05, 4.69) is 39.4 Å². The molecule has 4 aromatic heterocycles. The van der Waals surface area contributed by atoms with Gasteiger partial charge in [0.2, 0.25) is 0 Å². The number of nitrogens with one attached hydrogen (secondary N) is 2. The SMILES string of the molecule is CCCCc1c(C(=O)NCc2c[nH]c3ccccc23)cnn1-c1ncc(C)c(-c2cccs2)n1. The molecular weight excluding hydrogens is 444 g/mol. The van der Waals surface area contributed by atoms with Gasteiger partial charge in [-0.15, -0.1) is 11.3 Å². The number of rotatable bonds is 8. The summed E-state index contributed by atoms with van der Waals surface area (Å²) in [6.07, 6.45) is 8.06. The van der Waals surface area contributed by atoms with Gasteiger partial charge in [0, 0.05) is 29.8 Å². The van der Waals surface area contributed by atoms with E-state index in [1.807, 2.05) is 49.0 Å². The Morgan fingerprint density at radius 3 is 2.88 bits per heavy atom. The van der Waals surface area contributed by atoms with Crippen LogP contribution in [0, 0.1) is 6.92 Å². The molecule has 7 nitrogen and oxygen atoms in total. The van der Waals surface area contributed by atoms with Crippen LogP contribution in [0.4, 0.5) is 0 Å². The number of carbonyl (C=O) groups excluding carboxylic acids is 1. The quantitative estimate of drug-likeness (QED) is 0.315. The summed E-state index contributed by atoms with van der Waals surface area (Å²) in [7, 11) is 0. The second kappa shape index (κ2) is 9.61. The first-order valence-electron chi connectivity index (χ1n) is 11.4. The third kappa shape index (κ3) is 4.24. The highest BCUT2D eigenvalue weighted by molar-refractivity contribution is 7.13. The highest BCUT2D eigenvalue weighted by Gasteiger charge is 2.20. The van der Waals surface area contributed by atoms with E-state index in [4.69, 9.17) is 4.98 Å². The number of carbonyl (C=O) groups is 1. The monoisotopic (exact) mass is 470 g/mol. The van der Waals surface area contributed by atoms with Crippen LogP contribution in [0.25, 0.3) is 27.4 Å². The molecule has 2 N–H and O–H groups in total. The Kier molecular flexibility index (Phi) is 6.22. The summed E-state index contributed by atoms with van der Waals surface area (Å²) in [5, 5.41) is 10.7. The molecule has 5 aromatic rings. The minimum absolute atomic E-state index is 0.145. The van der Waals surface area contributed by atoms with Crippen molar-refractivity contribution in [3.05, 3.63) is 82.8 Å². The fourth-order valence-electron chi connectivity index (χ4n) is 4.07. The Bertz CT molecular complexity index is 1430. The van der Waals surface area contributed by atoms with Gasteiger partial charge in [-0.2, -0.15) is 5.10 Å². The van der Waals surface area contributed by atoms with Crippen molar-refractivity contribution in [3.8, 4) is 16.5 Å². The molecule has 1 aromatic carbocycles. The van der Waals surface area contributed by atoms with Crippen LogP contribution in [0.5, 0.6) is 0 Å². The van der Waals surface area contributed by atoms with Gasteiger partial charge in [0.05, 0.1) is 28.0 Å². The van der Waals surface area contributed by atoms with Crippen molar-refractivity contribution in [2.75, 3.05) is 0 Å². The third-order valence-electron chi connectivity index (χ3n) is 5.90. The fourth-order valence-corrected chi connectivity index (χ4v) is 4.85. The van der Waals surface area contributed by atoms with E-state index < -0.39 is 0 Å². The number of nitrogens with zero attached hydrogens (tertiary/aromatic N) is 4. The Morgan fingerprint density at radius 2 is 2.06 bits per heavy atom. The maximum atomic E-state index is 13.2. The second-order valence-electron chi connectivity index (χ2n) is 8.24. The molecular formula is C26H26N6OS. The van der Waals surface area contributed by atoms with E-state index in [1.54, 1.807) is 22.2 Å². The molecule has 1 amide bonds. The number of benzene rings is 1. The van der Waals surface area contributed by atoms with Crippen molar-refractivity contribution in [2.24, 2.45) is 0 Å². The number of aromatic nitrogens is 5. The van der Waals surface area contributed by atoms with Crippen molar-refractivity contribution in [2.45, 2.75) is 39.7 Å². The number of aryl methyl sites for hydroxylation is 1. The lowest BCUT2D eigenvalue weighted by atomic mass is 10.1. The van der Waals surface area contributed by atoms with Crippen LogP contribution in [-0.2, 0) is 13.0 Å². The van der Waals surface area contributed by atoms with Gasteiger partial charge in [-0.3, -0.25) is 4.79 Å². The van der Waals surface area contributed by atoms with E-state index in [0.717, 1.165) is 57.6 Å². The first kappa shape index (κ1) is 22.0. The van der Waals surface area contributed by atoms with Gasteiger partial charge in [0.15, 0.2) is 0 Å². The summed E-state index contributed by atoms with van der Waals surface area (Å²) < 4.78 is 1.72. The number of thiophene rings is 1. The molecule has 172 valence electrons. The summed E-state index contributed by atoms with van der Waals surface area (Å²) in [5.41, 5.74) is 5.40. The summed E-state index contributed by atoms with van der Waals surface area (Å²) in [4.78, 5) is 26.9. The van der Waals surface area contributed by atoms with Gasteiger partial charge in [0.25, 0.3) is 11.9 Å². The molecule has 0 spiro atoms. The molecule has 0 aliphatic heterocycles. The van der Waals surface area contributed by atoms with Crippen LogP contribution in [0.3, 0.4) is 0 Å². The molecule has 0 radical (unpaired) electrons. The lowest BCUT2D eigenvalue weighted by molar-refractivity contribution is 0.0950. The molecule has 0 aliphatic rings. The van der Waals surface area contributed by atoms with E-state index in [9.17, 15) is 4.79 Å². The predicted octanol–water partition coefficient (Wildman–Crippen LogP) is 5.45. The Balaban J connectivity index is 1.44. The van der Waals surface area contributed by atoms with Crippen molar-refractivity contribution in [1.82, 2.24) is 30.0 Å². The smallest absolute Gasteiger partial charge is 0.255 e. The Labute approximate surface area is 201 Å². The number of para-hydroxylation sites is 1. The summed E-state index contributed by atoms with van der Waals surface area (Å²) in [6.45, 7) is 4.57. The van der Waals surface area contributed by atoms with Gasteiger partial charge >= 0.3 is 0 Å². The molecule has 0 unspecified atom stereocenters. The molecule has 0 aliphatic carbocycles. The number of H-pyrrole nitrogens is 1. The van der Waals surface area contributed by atoms with Gasteiger partial charge in [-0.1, -0.05) is 37.6 Å². The molecule has 0 atom stereocenters. The van der Waals surface area contributed by atoms with Crippen LogP contribution >= 0.6 is 11.3 Å². The highest BCUT2D eigenvalue weighted by atomic mass is 32.1. The summed E-state index contributed by atoms with van der Waals surface area (Å²) in [6, 6.07) is 12.1. The number of hydrogen-bond acceptors (Lipinski definition) is 5. The topological polar surface area (TPSA) is 88.5 Å². The minimum atomic E-state index is -0.145. The molecule has 0 bridgehead atoms. The van der Waals surface area contributed by atoms with E-state index in [1.165, 1.54) is 0 Å². The maximum absolute atomic E-state index is 13.2. The van der Waals surface area contributed by atoms with Crippen LogP contribution in [-0.4, -0.2) is 30.6 Å². The molecule has 4 heterocycles. The Hall–Kier alpha value is -3.78. The first-order valence-corrected chi connectivity index (χ1v) is 12.3. The van der Waals surface area contributed by atoms with Crippen LogP contribution in [0.2, 0.25) is 0 Å². The lowest BCUT2D eigenvalue weighted by Gasteiger charge is -2.10. The number of aromatic amines is 1. The molecule has 8 heteroatoms. The predicted molar refractivity (Wildman–Crippen MR) is 135 cm³/mol. The number of fused-ring (bicyclic) bond motifs is 1. The van der Waals surface area contributed by atoms with E-state index >= 15 is 0 Å². The zero-order chi connectivity index (χ0) is 23.5.